The summed E-state index contributed by atoms with van der Waals surface area (Å²) < 4.78 is 5.57. The molecule has 88 valence electrons. The Labute approximate surface area is 107 Å². The summed E-state index contributed by atoms with van der Waals surface area (Å²) in [5, 5.41) is 0. The molecule has 2 aromatic rings. The first-order chi connectivity index (χ1) is 8.19. The molecule has 1 N–H and O–H groups in total. The summed E-state index contributed by atoms with van der Waals surface area (Å²) in [4.78, 5) is 18.2. The van der Waals surface area contributed by atoms with Gasteiger partial charge in [0.25, 0.3) is 5.56 Å². The lowest BCUT2D eigenvalue weighted by Crippen LogP contribution is -2.11. The normalized spacial score (nSPS) is 10.2. The quantitative estimate of drug-likeness (QED) is 0.943. The minimum Gasteiger partial charge on any atom is -0.497 e. The van der Waals surface area contributed by atoms with Crippen LogP contribution in [0.5, 0.6) is 5.75 Å². The zero-order valence-corrected chi connectivity index (χ0v) is 10.8. The van der Waals surface area contributed by atoms with Crippen LogP contribution >= 0.6 is 15.9 Å². The van der Waals surface area contributed by atoms with Crippen LogP contribution in [0.25, 0.3) is 0 Å². The molecule has 17 heavy (non-hydrogen) atoms. The van der Waals surface area contributed by atoms with Crippen LogP contribution in [0.4, 0.5) is 0 Å². The van der Waals surface area contributed by atoms with Gasteiger partial charge >= 0.3 is 0 Å². The smallest absolute Gasteiger partial charge is 0.265 e. The molecule has 0 unspecified atom stereocenters. The molecule has 0 saturated carbocycles. The van der Waals surface area contributed by atoms with Crippen LogP contribution in [0.1, 0.15) is 11.4 Å². The second-order valence-corrected chi connectivity index (χ2v) is 4.39. The van der Waals surface area contributed by atoms with E-state index in [0.29, 0.717) is 16.7 Å². The Morgan fingerprint density at radius 2 is 2.29 bits per heavy atom. The molecule has 0 radical (unpaired) electrons. The van der Waals surface area contributed by atoms with E-state index < -0.39 is 0 Å². The summed E-state index contributed by atoms with van der Waals surface area (Å²) in [5.74, 6) is 1.42. The average molecular weight is 295 g/mol. The maximum Gasteiger partial charge on any atom is 0.265 e. The van der Waals surface area contributed by atoms with Crippen molar-refractivity contribution in [3.63, 3.8) is 0 Å². The molecular weight excluding hydrogens is 284 g/mol. The second kappa shape index (κ2) is 5.14. The zero-order valence-electron chi connectivity index (χ0n) is 9.24. The Morgan fingerprint density at radius 3 is 3.00 bits per heavy atom. The highest BCUT2D eigenvalue weighted by molar-refractivity contribution is 9.10. The Balaban J connectivity index is 2.25. The molecule has 0 aliphatic carbocycles. The molecule has 0 aliphatic rings. The number of halogens is 1. The topological polar surface area (TPSA) is 55.0 Å². The molecule has 0 atom stereocenters. The molecule has 1 heterocycles. The Morgan fingerprint density at radius 1 is 1.47 bits per heavy atom. The van der Waals surface area contributed by atoms with Crippen LogP contribution in [-0.2, 0) is 6.42 Å². The average Bonchev–Trinajstić information content (AvgIpc) is 2.34. The van der Waals surface area contributed by atoms with Crippen molar-refractivity contribution in [3.8, 4) is 5.75 Å². The minimum atomic E-state index is -0.169. The minimum absolute atomic E-state index is 0.169. The maximum absolute atomic E-state index is 11.4. The van der Waals surface area contributed by atoms with E-state index in [2.05, 4.69) is 25.9 Å². The standard InChI is InChI=1S/C12H11BrN2O2/c1-17-9-4-2-3-8(5-9)6-11-14-7-10(13)12(16)15-11/h2-5,7H,6H2,1H3,(H,14,15,16). The SMILES string of the molecule is COc1cccc(Cc2ncc(Br)c(=O)[nH]2)c1. The molecule has 0 amide bonds. The van der Waals surface area contributed by atoms with Crippen LogP contribution in [0.3, 0.4) is 0 Å². The zero-order chi connectivity index (χ0) is 12.3. The van der Waals surface area contributed by atoms with E-state index in [1.54, 1.807) is 7.11 Å². The molecule has 5 heteroatoms. The van der Waals surface area contributed by atoms with Crippen molar-refractivity contribution in [2.75, 3.05) is 7.11 Å². The van der Waals surface area contributed by atoms with E-state index in [-0.39, 0.29) is 5.56 Å². The summed E-state index contributed by atoms with van der Waals surface area (Å²) in [7, 11) is 1.62. The fraction of sp³-hybridized carbons (Fsp3) is 0.167. The maximum atomic E-state index is 11.4. The van der Waals surface area contributed by atoms with Crippen LogP contribution < -0.4 is 10.3 Å². The lowest BCUT2D eigenvalue weighted by Gasteiger charge is -2.04. The lowest BCUT2D eigenvalue weighted by atomic mass is 10.1. The van der Waals surface area contributed by atoms with Crippen molar-refractivity contribution in [1.82, 2.24) is 9.97 Å². The summed E-state index contributed by atoms with van der Waals surface area (Å²) >= 11 is 3.11. The molecule has 0 spiro atoms. The highest BCUT2D eigenvalue weighted by Crippen LogP contribution is 2.14. The van der Waals surface area contributed by atoms with Gasteiger partial charge in [-0.25, -0.2) is 4.98 Å². The number of nitrogens with zero attached hydrogens (tertiary/aromatic N) is 1. The first kappa shape index (κ1) is 11.9. The van der Waals surface area contributed by atoms with Crippen LogP contribution in [0.2, 0.25) is 0 Å². The predicted molar refractivity (Wildman–Crippen MR) is 68.4 cm³/mol. The van der Waals surface area contributed by atoms with E-state index in [0.717, 1.165) is 11.3 Å². The lowest BCUT2D eigenvalue weighted by molar-refractivity contribution is 0.414. The van der Waals surface area contributed by atoms with E-state index in [4.69, 9.17) is 4.74 Å². The van der Waals surface area contributed by atoms with Crippen molar-refractivity contribution in [2.24, 2.45) is 0 Å². The third-order valence-electron chi connectivity index (χ3n) is 2.31. The number of nitrogens with one attached hydrogen (secondary N) is 1. The molecular formula is C12H11BrN2O2. The van der Waals surface area contributed by atoms with Crippen molar-refractivity contribution in [3.05, 3.63) is 56.7 Å². The Bertz CT molecular complexity index is 581. The third kappa shape index (κ3) is 2.94. The van der Waals surface area contributed by atoms with Gasteiger partial charge in [0.2, 0.25) is 0 Å². The van der Waals surface area contributed by atoms with E-state index in [9.17, 15) is 4.79 Å². The summed E-state index contributed by atoms with van der Waals surface area (Å²) in [5.41, 5.74) is 0.868. The molecule has 1 aromatic carbocycles. The number of rotatable bonds is 3. The number of hydrogen-bond acceptors (Lipinski definition) is 3. The molecule has 0 aliphatic heterocycles. The number of aromatic nitrogens is 2. The number of methoxy groups -OCH3 is 1. The number of hydrogen-bond donors (Lipinski definition) is 1. The second-order valence-electron chi connectivity index (χ2n) is 3.54. The first-order valence-corrected chi connectivity index (χ1v) is 5.85. The van der Waals surface area contributed by atoms with Gasteiger partial charge in [0.05, 0.1) is 7.11 Å². The van der Waals surface area contributed by atoms with E-state index in [1.807, 2.05) is 24.3 Å². The van der Waals surface area contributed by atoms with Crippen molar-refractivity contribution >= 4 is 15.9 Å². The first-order valence-electron chi connectivity index (χ1n) is 5.05. The van der Waals surface area contributed by atoms with Crippen LogP contribution in [0.15, 0.2) is 39.7 Å². The molecule has 0 bridgehead atoms. The number of aromatic amines is 1. The highest BCUT2D eigenvalue weighted by Gasteiger charge is 2.02. The Hall–Kier alpha value is -1.62. The van der Waals surface area contributed by atoms with Gasteiger partial charge in [0.1, 0.15) is 16.0 Å². The Kier molecular flexibility index (Phi) is 3.58. The van der Waals surface area contributed by atoms with E-state index >= 15 is 0 Å². The van der Waals surface area contributed by atoms with Crippen molar-refractivity contribution in [1.29, 1.82) is 0 Å². The van der Waals surface area contributed by atoms with E-state index in [1.165, 1.54) is 6.20 Å². The molecule has 4 nitrogen and oxygen atoms in total. The summed E-state index contributed by atoms with van der Waals surface area (Å²) in [6.45, 7) is 0. The number of benzene rings is 1. The molecule has 1 aromatic heterocycles. The monoisotopic (exact) mass is 294 g/mol. The van der Waals surface area contributed by atoms with Gasteiger partial charge in [0, 0.05) is 12.6 Å². The summed E-state index contributed by atoms with van der Waals surface area (Å²) in [6.07, 6.45) is 2.08. The third-order valence-corrected chi connectivity index (χ3v) is 2.88. The van der Waals surface area contributed by atoms with Crippen LogP contribution in [-0.4, -0.2) is 17.1 Å². The number of ether oxygens (including phenoxy) is 1. The molecule has 0 fully saturated rings. The van der Waals surface area contributed by atoms with Gasteiger partial charge in [0.15, 0.2) is 0 Å². The number of H-pyrrole nitrogens is 1. The fourth-order valence-electron chi connectivity index (χ4n) is 1.48. The van der Waals surface area contributed by atoms with Gasteiger partial charge < -0.3 is 9.72 Å². The van der Waals surface area contributed by atoms with Gasteiger partial charge in [-0.15, -0.1) is 0 Å². The van der Waals surface area contributed by atoms with Gasteiger partial charge in [-0.2, -0.15) is 0 Å². The van der Waals surface area contributed by atoms with Gasteiger partial charge in [-0.3, -0.25) is 4.79 Å². The van der Waals surface area contributed by atoms with Crippen molar-refractivity contribution < 1.29 is 4.74 Å². The predicted octanol–water partition coefficient (Wildman–Crippen LogP) is 2.13. The van der Waals surface area contributed by atoms with Crippen LogP contribution in [0, 0.1) is 0 Å². The fourth-order valence-corrected chi connectivity index (χ4v) is 1.68. The van der Waals surface area contributed by atoms with Crippen molar-refractivity contribution in [2.45, 2.75) is 6.42 Å². The summed E-state index contributed by atoms with van der Waals surface area (Å²) in [6, 6.07) is 7.67. The molecule has 0 saturated heterocycles. The van der Waals surface area contributed by atoms with Gasteiger partial charge in [-0.05, 0) is 33.6 Å². The largest absolute Gasteiger partial charge is 0.497 e. The van der Waals surface area contributed by atoms with Gasteiger partial charge in [-0.1, -0.05) is 12.1 Å². The highest BCUT2D eigenvalue weighted by atomic mass is 79.9. The molecule has 2 rings (SSSR count).